The van der Waals surface area contributed by atoms with Crippen LogP contribution in [0, 0.1) is 0 Å². The molecule has 2 amide bonds. The van der Waals surface area contributed by atoms with Crippen molar-refractivity contribution in [1.82, 2.24) is 25.0 Å². The summed E-state index contributed by atoms with van der Waals surface area (Å²) < 4.78 is 13.2. The fourth-order valence-corrected chi connectivity index (χ4v) is 4.44. The van der Waals surface area contributed by atoms with Gasteiger partial charge < -0.3 is 19.7 Å². The van der Waals surface area contributed by atoms with Crippen LogP contribution in [0.1, 0.15) is 49.5 Å². The number of carbonyl (C=O) groups is 2. The van der Waals surface area contributed by atoms with Gasteiger partial charge in [0.15, 0.2) is 17.1 Å². The normalized spacial score (nSPS) is 15.2. The van der Waals surface area contributed by atoms with Gasteiger partial charge in [0.1, 0.15) is 13.2 Å². The summed E-state index contributed by atoms with van der Waals surface area (Å²) in [6.45, 7) is 6.97. The molecule has 2 aliphatic rings. The maximum absolute atomic E-state index is 13.2. The topological polar surface area (TPSA) is 98.6 Å². The number of ether oxygens (including phenoxy) is 2. The minimum Gasteiger partial charge on any atom is -0.486 e. The first-order valence-corrected chi connectivity index (χ1v) is 11.9. The molecule has 2 aliphatic heterocycles. The number of hydrogen-bond donors (Lipinski definition) is 1. The summed E-state index contributed by atoms with van der Waals surface area (Å²) in [6.07, 6.45) is 4.08. The Bertz CT molecular complexity index is 1230. The molecule has 0 atom stereocenters. The number of nitrogens with one attached hydrogen (secondary N) is 1. The van der Waals surface area contributed by atoms with E-state index in [-0.39, 0.29) is 24.4 Å². The lowest BCUT2D eigenvalue weighted by molar-refractivity contribution is -0.129. The average molecular weight is 464 g/mol. The molecule has 34 heavy (non-hydrogen) atoms. The smallest absolute Gasteiger partial charge is 0.252 e. The predicted octanol–water partition coefficient (Wildman–Crippen LogP) is 3.19. The Morgan fingerprint density at radius 3 is 2.62 bits per heavy atom. The van der Waals surface area contributed by atoms with Crippen LogP contribution in [0.4, 0.5) is 0 Å². The number of fused-ring (bicyclic) bond motifs is 2. The summed E-state index contributed by atoms with van der Waals surface area (Å²) in [5.41, 5.74) is 2.59. The van der Waals surface area contributed by atoms with Gasteiger partial charge in [-0.05, 0) is 51.0 Å². The molecule has 3 aromatic rings. The van der Waals surface area contributed by atoms with Crippen molar-refractivity contribution in [3.63, 3.8) is 0 Å². The lowest BCUT2D eigenvalue weighted by Gasteiger charge is -2.19. The maximum Gasteiger partial charge on any atom is 0.252 e. The van der Waals surface area contributed by atoms with Crippen molar-refractivity contribution in [1.29, 1.82) is 0 Å². The van der Waals surface area contributed by atoms with Crippen LogP contribution in [0.25, 0.3) is 22.3 Å². The highest BCUT2D eigenvalue weighted by molar-refractivity contribution is 6.06. The second-order valence-corrected chi connectivity index (χ2v) is 8.93. The molecule has 5 rings (SSSR count). The zero-order valence-corrected chi connectivity index (χ0v) is 19.5. The molecule has 1 saturated heterocycles. The van der Waals surface area contributed by atoms with Gasteiger partial charge in [-0.1, -0.05) is 0 Å². The van der Waals surface area contributed by atoms with Gasteiger partial charge in [0.2, 0.25) is 5.91 Å². The molecule has 4 heterocycles. The van der Waals surface area contributed by atoms with Gasteiger partial charge in [0, 0.05) is 37.7 Å². The molecular formula is C25H29N5O4. The Kier molecular flexibility index (Phi) is 6.08. The predicted molar refractivity (Wildman–Crippen MR) is 127 cm³/mol. The lowest BCUT2D eigenvalue weighted by Crippen LogP contribution is -2.32. The van der Waals surface area contributed by atoms with Gasteiger partial charge in [-0.3, -0.25) is 9.59 Å². The molecule has 0 spiro atoms. The molecule has 178 valence electrons. The maximum atomic E-state index is 13.2. The second-order valence-electron chi connectivity index (χ2n) is 8.93. The van der Waals surface area contributed by atoms with E-state index in [9.17, 15) is 9.59 Å². The van der Waals surface area contributed by atoms with Crippen LogP contribution in [0.3, 0.4) is 0 Å². The van der Waals surface area contributed by atoms with Crippen molar-refractivity contribution in [3.8, 4) is 22.8 Å². The van der Waals surface area contributed by atoms with Crippen LogP contribution in [0.2, 0.25) is 0 Å². The molecule has 0 aliphatic carbocycles. The largest absolute Gasteiger partial charge is 0.486 e. The Morgan fingerprint density at radius 2 is 1.85 bits per heavy atom. The van der Waals surface area contributed by atoms with Gasteiger partial charge in [-0.15, -0.1) is 0 Å². The molecule has 0 saturated carbocycles. The standard InChI is InChI=1S/C25H29N5O4/c1-16(2)30-24-19(15-27-30)18(25(32)26-8-7-23(31)29-9-3-4-10-29)14-20(28-24)17-5-6-21-22(13-17)34-12-11-33-21/h5-6,13-16H,3-4,7-12H2,1-2H3,(H,26,32). The van der Waals surface area contributed by atoms with Crippen LogP contribution in [-0.4, -0.2) is 64.3 Å². The minimum atomic E-state index is -0.247. The number of likely N-dealkylation sites (tertiary alicyclic amines) is 1. The molecule has 1 N–H and O–H groups in total. The number of pyridine rings is 1. The van der Waals surface area contributed by atoms with Gasteiger partial charge in [-0.2, -0.15) is 5.10 Å². The number of rotatable bonds is 6. The summed E-state index contributed by atoms with van der Waals surface area (Å²) in [5.74, 6) is 1.20. The van der Waals surface area contributed by atoms with Crippen LogP contribution in [0.5, 0.6) is 11.5 Å². The Balaban J connectivity index is 1.44. The first-order valence-electron chi connectivity index (χ1n) is 11.9. The zero-order valence-electron chi connectivity index (χ0n) is 19.5. The third-order valence-electron chi connectivity index (χ3n) is 6.22. The highest BCUT2D eigenvalue weighted by Gasteiger charge is 2.21. The van der Waals surface area contributed by atoms with Crippen molar-refractivity contribution in [3.05, 3.63) is 36.0 Å². The molecule has 9 heteroatoms. The lowest BCUT2D eigenvalue weighted by atomic mass is 10.1. The Labute approximate surface area is 198 Å². The van der Waals surface area contributed by atoms with E-state index in [1.54, 1.807) is 12.3 Å². The Hall–Kier alpha value is -3.62. The van der Waals surface area contributed by atoms with Gasteiger partial charge in [0.25, 0.3) is 5.91 Å². The molecule has 1 aromatic carbocycles. The summed E-state index contributed by atoms with van der Waals surface area (Å²) in [6, 6.07) is 7.51. The van der Waals surface area contributed by atoms with Crippen molar-refractivity contribution in [2.24, 2.45) is 0 Å². The summed E-state index contributed by atoms with van der Waals surface area (Å²) in [5, 5.41) is 8.07. The molecule has 0 bridgehead atoms. The van der Waals surface area contributed by atoms with Crippen molar-refractivity contribution >= 4 is 22.8 Å². The van der Waals surface area contributed by atoms with Gasteiger partial charge in [-0.25, -0.2) is 9.67 Å². The van der Waals surface area contributed by atoms with Gasteiger partial charge >= 0.3 is 0 Å². The molecule has 0 unspecified atom stereocenters. The first kappa shape index (κ1) is 22.2. The number of carbonyl (C=O) groups excluding carboxylic acids is 2. The van der Waals surface area contributed by atoms with E-state index in [4.69, 9.17) is 14.5 Å². The van der Waals surface area contributed by atoms with E-state index in [0.717, 1.165) is 31.5 Å². The van der Waals surface area contributed by atoms with E-state index in [1.165, 1.54) is 0 Å². The van der Waals surface area contributed by atoms with E-state index in [2.05, 4.69) is 10.4 Å². The summed E-state index contributed by atoms with van der Waals surface area (Å²) in [4.78, 5) is 32.3. The third-order valence-corrected chi connectivity index (χ3v) is 6.22. The molecular weight excluding hydrogens is 434 g/mol. The van der Waals surface area contributed by atoms with E-state index >= 15 is 0 Å². The minimum absolute atomic E-state index is 0.0783. The van der Waals surface area contributed by atoms with E-state index in [1.807, 2.05) is 41.6 Å². The molecule has 2 aromatic heterocycles. The average Bonchev–Trinajstić information content (AvgIpc) is 3.53. The number of benzene rings is 1. The molecule has 0 radical (unpaired) electrons. The van der Waals surface area contributed by atoms with Crippen molar-refractivity contribution in [2.45, 2.75) is 39.2 Å². The van der Waals surface area contributed by atoms with E-state index < -0.39 is 0 Å². The van der Waals surface area contributed by atoms with Crippen LogP contribution < -0.4 is 14.8 Å². The highest BCUT2D eigenvalue weighted by atomic mass is 16.6. The summed E-state index contributed by atoms with van der Waals surface area (Å²) in [7, 11) is 0. The zero-order chi connectivity index (χ0) is 23.7. The summed E-state index contributed by atoms with van der Waals surface area (Å²) >= 11 is 0. The fourth-order valence-electron chi connectivity index (χ4n) is 4.44. The number of hydrogen-bond acceptors (Lipinski definition) is 6. The quantitative estimate of drug-likeness (QED) is 0.603. The van der Waals surface area contributed by atoms with Crippen LogP contribution >= 0.6 is 0 Å². The SMILES string of the molecule is CC(C)n1ncc2c(C(=O)NCCC(=O)N3CCCC3)cc(-c3ccc4c(c3)OCCO4)nc21. The Morgan fingerprint density at radius 1 is 1.09 bits per heavy atom. The van der Waals surface area contributed by atoms with E-state index in [0.29, 0.717) is 53.4 Å². The number of amides is 2. The van der Waals surface area contributed by atoms with Gasteiger partial charge in [0.05, 0.1) is 22.8 Å². The fraction of sp³-hybridized carbons (Fsp3) is 0.440. The van der Waals surface area contributed by atoms with Crippen LogP contribution in [0.15, 0.2) is 30.5 Å². The number of aromatic nitrogens is 3. The molecule has 9 nitrogen and oxygen atoms in total. The highest BCUT2D eigenvalue weighted by Crippen LogP contribution is 2.35. The van der Waals surface area contributed by atoms with Crippen molar-refractivity contribution in [2.75, 3.05) is 32.8 Å². The monoisotopic (exact) mass is 463 g/mol. The number of nitrogens with zero attached hydrogens (tertiary/aromatic N) is 4. The van der Waals surface area contributed by atoms with Crippen molar-refractivity contribution < 1.29 is 19.1 Å². The first-order chi connectivity index (χ1) is 16.5. The second kappa shape index (κ2) is 9.32. The van der Waals surface area contributed by atoms with Crippen LogP contribution in [-0.2, 0) is 4.79 Å². The molecule has 1 fully saturated rings. The third kappa shape index (κ3) is 4.30.